The number of hydrogen-bond donors (Lipinski definition) is 1. The lowest BCUT2D eigenvalue weighted by molar-refractivity contribution is 0.254. The minimum Gasteiger partial charge on any atom is -0.339 e. The summed E-state index contributed by atoms with van der Waals surface area (Å²) in [6.07, 6.45) is 3.19. The van der Waals surface area contributed by atoms with Crippen molar-refractivity contribution in [2.24, 2.45) is 0 Å². The van der Waals surface area contributed by atoms with E-state index in [-0.39, 0.29) is 0 Å². The Hall–Kier alpha value is -0.940. The Balaban J connectivity index is 2.00. The lowest BCUT2D eigenvalue weighted by Gasteiger charge is -2.18. The zero-order chi connectivity index (χ0) is 11.4. The molecule has 90 valence electrons. The van der Waals surface area contributed by atoms with Crippen LogP contribution in [0, 0.1) is 0 Å². The molecule has 2 rings (SSSR count). The smallest absolute Gasteiger partial charge is 0.227 e. The van der Waals surface area contributed by atoms with Crippen molar-refractivity contribution in [2.45, 2.75) is 32.2 Å². The third-order valence-electron chi connectivity index (χ3n) is 3.14. The molecule has 1 aromatic heterocycles. The molecule has 1 fully saturated rings. The molecule has 1 atom stereocenters. The minimum absolute atomic E-state index is 0.372. The zero-order valence-electron chi connectivity index (χ0n) is 10.1. The normalized spacial score (nSPS) is 21.8. The number of hydrogen-bond acceptors (Lipinski definition) is 5. The Labute approximate surface area is 96.2 Å². The molecule has 0 spiro atoms. The second-order valence-electron chi connectivity index (χ2n) is 4.19. The van der Waals surface area contributed by atoms with Crippen molar-refractivity contribution in [3.63, 3.8) is 0 Å². The summed E-state index contributed by atoms with van der Waals surface area (Å²) in [6, 6.07) is 0.372. The van der Waals surface area contributed by atoms with Gasteiger partial charge >= 0.3 is 0 Å². The van der Waals surface area contributed by atoms with E-state index < -0.39 is 0 Å². The van der Waals surface area contributed by atoms with Crippen molar-refractivity contribution in [2.75, 3.05) is 26.7 Å². The van der Waals surface area contributed by atoms with Gasteiger partial charge in [0.05, 0.1) is 6.04 Å². The third kappa shape index (κ3) is 2.41. The Kier molecular flexibility index (Phi) is 3.90. The molecule has 1 aromatic rings. The topological polar surface area (TPSA) is 54.2 Å². The molecule has 1 saturated heterocycles. The molecule has 1 N–H and O–H groups in total. The molecular weight excluding hydrogens is 204 g/mol. The Bertz CT molecular complexity index is 326. The fraction of sp³-hybridized carbons (Fsp3) is 0.818. The van der Waals surface area contributed by atoms with Gasteiger partial charge in [-0.15, -0.1) is 0 Å². The van der Waals surface area contributed by atoms with Crippen LogP contribution in [0.25, 0.3) is 0 Å². The van der Waals surface area contributed by atoms with Crippen molar-refractivity contribution in [3.05, 3.63) is 11.7 Å². The van der Waals surface area contributed by atoms with E-state index in [1.165, 1.54) is 6.42 Å². The van der Waals surface area contributed by atoms with Gasteiger partial charge in [0, 0.05) is 13.0 Å². The van der Waals surface area contributed by atoms with Crippen molar-refractivity contribution < 1.29 is 4.52 Å². The van der Waals surface area contributed by atoms with Crippen molar-refractivity contribution in [1.82, 2.24) is 20.4 Å². The van der Waals surface area contributed by atoms with Crippen molar-refractivity contribution >= 4 is 0 Å². The van der Waals surface area contributed by atoms with Crippen LogP contribution >= 0.6 is 0 Å². The van der Waals surface area contributed by atoms with Gasteiger partial charge in [0.2, 0.25) is 5.89 Å². The average molecular weight is 224 g/mol. The molecule has 0 bridgehead atoms. The number of aromatic nitrogens is 2. The van der Waals surface area contributed by atoms with Crippen LogP contribution in [0.3, 0.4) is 0 Å². The first-order valence-corrected chi connectivity index (χ1v) is 6.06. The van der Waals surface area contributed by atoms with Gasteiger partial charge in [-0.2, -0.15) is 4.98 Å². The van der Waals surface area contributed by atoms with E-state index >= 15 is 0 Å². The molecular formula is C11H20N4O. The molecule has 0 aliphatic carbocycles. The van der Waals surface area contributed by atoms with Gasteiger partial charge in [0.1, 0.15) is 0 Å². The van der Waals surface area contributed by atoms with Crippen LogP contribution < -0.4 is 5.32 Å². The quantitative estimate of drug-likeness (QED) is 0.808. The van der Waals surface area contributed by atoms with Gasteiger partial charge in [-0.05, 0) is 33.0 Å². The Morgan fingerprint density at radius 1 is 1.56 bits per heavy atom. The number of likely N-dealkylation sites (tertiary alicyclic amines) is 1. The molecule has 5 heteroatoms. The first kappa shape index (κ1) is 11.5. The molecule has 0 radical (unpaired) electrons. The van der Waals surface area contributed by atoms with Gasteiger partial charge in [0.25, 0.3) is 0 Å². The highest BCUT2D eigenvalue weighted by molar-refractivity contribution is 4.98. The molecule has 1 aliphatic rings. The summed E-state index contributed by atoms with van der Waals surface area (Å²) in [5.41, 5.74) is 0. The maximum absolute atomic E-state index is 5.24. The Morgan fingerprint density at radius 2 is 2.44 bits per heavy atom. The number of rotatable bonds is 5. The highest BCUT2D eigenvalue weighted by Gasteiger charge is 2.28. The molecule has 2 heterocycles. The van der Waals surface area contributed by atoms with Crippen LogP contribution in [-0.4, -0.2) is 41.7 Å². The standard InChI is InChI=1S/C11H20N4O/c1-3-15-8-4-5-9(15)11-13-10(16-14-11)6-7-12-2/h9,12H,3-8H2,1-2H3. The van der Waals surface area contributed by atoms with Crippen LogP contribution in [-0.2, 0) is 6.42 Å². The van der Waals surface area contributed by atoms with Crippen LogP contribution in [0.15, 0.2) is 4.52 Å². The van der Waals surface area contributed by atoms with E-state index in [0.717, 1.165) is 44.2 Å². The SMILES string of the molecule is CCN1CCCC1c1noc(CCNC)n1. The van der Waals surface area contributed by atoms with Crippen LogP contribution in [0.4, 0.5) is 0 Å². The molecule has 1 aliphatic heterocycles. The lowest BCUT2D eigenvalue weighted by Crippen LogP contribution is -2.23. The van der Waals surface area contributed by atoms with Crippen LogP contribution in [0.2, 0.25) is 0 Å². The van der Waals surface area contributed by atoms with E-state index in [1.807, 2.05) is 7.05 Å². The summed E-state index contributed by atoms with van der Waals surface area (Å²) >= 11 is 0. The molecule has 5 nitrogen and oxygen atoms in total. The van der Waals surface area contributed by atoms with E-state index in [9.17, 15) is 0 Å². The average Bonchev–Trinajstić information content (AvgIpc) is 2.94. The Morgan fingerprint density at radius 3 is 3.19 bits per heavy atom. The summed E-state index contributed by atoms with van der Waals surface area (Å²) < 4.78 is 5.24. The number of nitrogens with one attached hydrogen (secondary N) is 1. The van der Waals surface area contributed by atoms with Gasteiger partial charge in [-0.25, -0.2) is 0 Å². The maximum atomic E-state index is 5.24. The number of nitrogens with zero attached hydrogens (tertiary/aromatic N) is 3. The summed E-state index contributed by atoms with van der Waals surface area (Å²) in [4.78, 5) is 6.88. The van der Waals surface area contributed by atoms with Gasteiger partial charge in [0.15, 0.2) is 5.82 Å². The van der Waals surface area contributed by atoms with E-state index in [1.54, 1.807) is 0 Å². The van der Waals surface area contributed by atoms with E-state index in [0.29, 0.717) is 6.04 Å². The monoisotopic (exact) mass is 224 g/mol. The summed E-state index contributed by atoms with van der Waals surface area (Å²) in [5.74, 6) is 1.61. The van der Waals surface area contributed by atoms with Crippen molar-refractivity contribution in [3.8, 4) is 0 Å². The summed E-state index contributed by atoms with van der Waals surface area (Å²) in [6.45, 7) is 5.27. The summed E-state index contributed by atoms with van der Waals surface area (Å²) in [7, 11) is 1.92. The lowest BCUT2D eigenvalue weighted by atomic mass is 10.2. The minimum atomic E-state index is 0.372. The van der Waals surface area contributed by atoms with E-state index in [4.69, 9.17) is 4.52 Å². The van der Waals surface area contributed by atoms with Crippen LogP contribution in [0.5, 0.6) is 0 Å². The second-order valence-corrected chi connectivity index (χ2v) is 4.19. The predicted octanol–water partition coefficient (Wildman–Crippen LogP) is 0.988. The van der Waals surface area contributed by atoms with Gasteiger partial charge in [-0.1, -0.05) is 12.1 Å². The maximum Gasteiger partial charge on any atom is 0.227 e. The molecule has 0 amide bonds. The highest BCUT2D eigenvalue weighted by Crippen LogP contribution is 2.29. The summed E-state index contributed by atoms with van der Waals surface area (Å²) in [5, 5.41) is 7.17. The zero-order valence-corrected chi connectivity index (χ0v) is 10.1. The highest BCUT2D eigenvalue weighted by atomic mass is 16.5. The molecule has 16 heavy (non-hydrogen) atoms. The first-order chi connectivity index (χ1) is 7.85. The third-order valence-corrected chi connectivity index (χ3v) is 3.14. The fourth-order valence-electron chi connectivity index (χ4n) is 2.23. The fourth-order valence-corrected chi connectivity index (χ4v) is 2.23. The van der Waals surface area contributed by atoms with Crippen molar-refractivity contribution in [1.29, 1.82) is 0 Å². The van der Waals surface area contributed by atoms with Gasteiger partial charge < -0.3 is 9.84 Å². The number of likely N-dealkylation sites (N-methyl/N-ethyl adjacent to an activating group) is 1. The van der Waals surface area contributed by atoms with E-state index in [2.05, 4.69) is 27.3 Å². The molecule has 1 unspecified atom stereocenters. The van der Waals surface area contributed by atoms with Crippen LogP contribution in [0.1, 0.15) is 37.5 Å². The first-order valence-electron chi connectivity index (χ1n) is 6.06. The van der Waals surface area contributed by atoms with Gasteiger partial charge in [-0.3, -0.25) is 4.90 Å². The molecule has 0 saturated carbocycles. The second kappa shape index (κ2) is 5.41. The largest absolute Gasteiger partial charge is 0.339 e. The predicted molar refractivity (Wildman–Crippen MR) is 61.2 cm³/mol. The molecule has 0 aromatic carbocycles.